The minimum atomic E-state index is -0.00617. The van der Waals surface area contributed by atoms with Crippen molar-refractivity contribution in [3.05, 3.63) is 0 Å². The molecule has 10 heavy (non-hydrogen) atoms. The maximum absolute atomic E-state index is 5.76. The molecule has 0 radical (unpaired) electrons. The van der Waals surface area contributed by atoms with Crippen molar-refractivity contribution in [3.63, 3.8) is 0 Å². The van der Waals surface area contributed by atoms with E-state index in [-0.39, 0.29) is 6.04 Å². The molecule has 4 heteroatoms. The molecule has 0 aromatic heterocycles. The van der Waals surface area contributed by atoms with Crippen LogP contribution < -0.4 is 11.1 Å². The van der Waals surface area contributed by atoms with Crippen molar-refractivity contribution < 1.29 is 0 Å². The smallest absolute Gasteiger partial charge is 0.0619 e. The first kappa shape index (κ1) is 8.46. The lowest BCUT2D eigenvalue weighted by atomic mass is 10.0. The largest absolute Gasteiger partial charge is 0.323 e. The highest BCUT2D eigenvalue weighted by molar-refractivity contribution is 8.11. The van der Waals surface area contributed by atoms with Crippen molar-refractivity contribution in [3.8, 4) is 0 Å². The Hall–Kier alpha value is 0.360. The molecule has 0 amide bonds. The molecule has 1 rings (SSSR count). The van der Waals surface area contributed by atoms with Crippen LogP contribution in [0.3, 0.4) is 0 Å². The molecule has 0 bridgehead atoms. The van der Waals surface area contributed by atoms with Crippen LogP contribution in [0.2, 0.25) is 0 Å². The second kappa shape index (κ2) is 3.67. The molecule has 2 unspecified atom stereocenters. The quantitative estimate of drug-likeness (QED) is 0.415. The first-order valence-electron chi connectivity index (χ1n) is 3.41. The van der Waals surface area contributed by atoms with E-state index in [2.05, 4.69) is 17.9 Å². The zero-order valence-corrected chi connectivity index (χ0v) is 7.42. The minimum Gasteiger partial charge on any atom is -0.323 e. The summed E-state index contributed by atoms with van der Waals surface area (Å²) < 4.78 is 0.633. The summed E-state index contributed by atoms with van der Waals surface area (Å²) in [5, 5.41) is 3.23. The number of thiocarbonyl (C=S) groups is 1. The molecule has 0 aromatic rings. The van der Waals surface area contributed by atoms with Crippen molar-refractivity contribution in [2.75, 3.05) is 13.1 Å². The number of hydrogen-bond donors (Lipinski definition) is 3. The lowest BCUT2D eigenvalue weighted by molar-refractivity contribution is 0.546. The van der Waals surface area contributed by atoms with Crippen molar-refractivity contribution in [2.45, 2.75) is 12.5 Å². The average Bonchev–Trinajstić information content (AvgIpc) is 2.36. The van der Waals surface area contributed by atoms with E-state index < -0.39 is 0 Å². The highest BCUT2D eigenvalue weighted by Crippen LogP contribution is 2.13. The number of thiol groups is 1. The standard InChI is InChI=1S/C6H12N2S2/c7-5(6(9)10)4-1-2-8-3-4/h4-5,8H,1-3,7H2,(H,9,10). The second-order valence-corrected chi connectivity index (χ2v) is 3.84. The maximum atomic E-state index is 5.76. The van der Waals surface area contributed by atoms with E-state index in [1.54, 1.807) is 0 Å². The number of hydrogen-bond acceptors (Lipinski definition) is 3. The molecule has 0 aromatic carbocycles. The Morgan fingerprint density at radius 2 is 2.50 bits per heavy atom. The Bertz CT molecular complexity index is 132. The SMILES string of the molecule is NC(C(=S)S)C1CCNC1. The first-order valence-corrected chi connectivity index (χ1v) is 4.26. The molecule has 1 saturated heterocycles. The van der Waals surface area contributed by atoms with Gasteiger partial charge in [-0.25, -0.2) is 0 Å². The Kier molecular flexibility index (Phi) is 3.10. The molecule has 2 atom stereocenters. The van der Waals surface area contributed by atoms with Gasteiger partial charge in [0.05, 0.1) is 4.20 Å². The highest BCUT2D eigenvalue weighted by atomic mass is 32.1. The lowest BCUT2D eigenvalue weighted by Crippen LogP contribution is -2.35. The zero-order valence-electron chi connectivity index (χ0n) is 5.71. The summed E-state index contributed by atoms with van der Waals surface area (Å²) in [6.07, 6.45) is 1.13. The normalized spacial score (nSPS) is 28.4. The van der Waals surface area contributed by atoms with Crippen LogP contribution in [0.4, 0.5) is 0 Å². The summed E-state index contributed by atoms with van der Waals surface area (Å²) >= 11 is 8.91. The molecular formula is C6H12N2S2. The van der Waals surface area contributed by atoms with E-state index >= 15 is 0 Å². The Morgan fingerprint density at radius 3 is 2.90 bits per heavy atom. The topological polar surface area (TPSA) is 38.0 Å². The Labute approximate surface area is 72.0 Å². The summed E-state index contributed by atoms with van der Waals surface area (Å²) in [6.45, 7) is 2.05. The van der Waals surface area contributed by atoms with Crippen LogP contribution in [0.25, 0.3) is 0 Å². The lowest BCUT2D eigenvalue weighted by Gasteiger charge is -2.15. The highest BCUT2D eigenvalue weighted by Gasteiger charge is 2.22. The predicted molar refractivity (Wildman–Crippen MR) is 50.5 cm³/mol. The first-order chi connectivity index (χ1) is 4.72. The van der Waals surface area contributed by atoms with E-state index in [0.717, 1.165) is 19.5 Å². The van der Waals surface area contributed by atoms with Crippen LogP contribution >= 0.6 is 24.8 Å². The molecule has 3 N–H and O–H groups in total. The van der Waals surface area contributed by atoms with Gasteiger partial charge in [-0.3, -0.25) is 0 Å². The van der Waals surface area contributed by atoms with Gasteiger partial charge >= 0.3 is 0 Å². The molecule has 0 spiro atoms. The average molecular weight is 176 g/mol. The van der Waals surface area contributed by atoms with E-state index in [0.29, 0.717) is 10.1 Å². The molecule has 0 aliphatic carbocycles. The minimum absolute atomic E-state index is 0.00617. The van der Waals surface area contributed by atoms with E-state index in [4.69, 9.17) is 18.0 Å². The monoisotopic (exact) mass is 176 g/mol. The van der Waals surface area contributed by atoms with Crippen LogP contribution in [-0.4, -0.2) is 23.3 Å². The molecule has 1 heterocycles. The summed E-state index contributed by atoms with van der Waals surface area (Å²) in [4.78, 5) is 0. The van der Waals surface area contributed by atoms with Crippen molar-refractivity contribution >= 4 is 29.0 Å². The van der Waals surface area contributed by atoms with Crippen molar-refractivity contribution in [1.29, 1.82) is 0 Å². The van der Waals surface area contributed by atoms with Gasteiger partial charge in [0, 0.05) is 6.04 Å². The molecule has 0 saturated carbocycles. The fourth-order valence-electron chi connectivity index (χ4n) is 1.19. The van der Waals surface area contributed by atoms with Gasteiger partial charge in [0.25, 0.3) is 0 Å². The zero-order chi connectivity index (χ0) is 7.56. The fraction of sp³-hybridized carbons (Fsp3) is 0.833. The van der Waals surface area contributed by atoms with Gasteiger partial charge in [-0.05, 0) is 25.4 Å². The summed E-state index contributed by atoms with van der Waals surface area (Å²) in [7, 11) is 0. The Morgan fingerprint density at radius 1 is 1.80 bits per heavy atom. The number of rotatable bonds is 2. The van der Waals surface area contributed by atoms with Gasteiger partial charge < -0.3 is 11.1 Å². The van der Waals surface area contributed by atoms with Crippen molar-refractivity contribution in [1.82, 2.24) is 5.32 Å². The third-order valence-corrected chi connectivity index (χ3v) is 2.46. The van der Waals surface area contributed by atoms with E-state index in [1.165, 1.54) is 0 Å². The molecule has 1 aliphatic heterocycles. The molecular weight excluding hydrogens is 164 g/mol. The van der Waals surface area contributed by atoms with Gasteiger partial charge in [-0.15, -0.1) is 12.6 Å². The van der Waals surface area contributed by atoms with Crippen LogP contribution in [-0.2, 0) is 0 Å². The van der Waals surface area contributed by atoms with Gasteiger partial charge in [0.2, 0.25) is 0 Å². The Balaban J connectivity index is 2.39. The van der Waals surface area contributed by atoms with Crippen LogP contribution in [0.5, 0.6) is 0 Å². The van der Waals surface area contributed by atoms with E-state index in [9.17, 15) is 0 Å². The molecule has 2 nitrogen and oxygen atoms in total. The molecule has 1 aliphatic rings. The molecule has 58 valence electrons. The third kappa shape index (κ3) is 1.92. The number of nitrogens with two attached hydrogens (primary N) is 1. The maximum Gasteiger partial charge on any atom is 0.0619 e. The van der Waals surface area contributed by atoms with Crippen LogP contribution in [0.15, 0.2) is 0 Å². The summed E-state index contributed by atoms with van der Waals surface area (Å²) in [5.41, 5.74) is 5.76. The predicted octanol–water partition coefficient (Wildman–Crippen LogP) is 0.180. The van der Waals surface area contributed by atoms with Crippen LogP contribution in [0.1, 0.15) is 6.42 Å². The van der Waals surface area contributed by atoms with E-state index in [1.807, 2.05) is 0 Å². The van der Waals surface area contributed by atoms with Crippen LogP contribution in [0, 0.1) is 5.92 Å². The second-order valence-electron chi connectivity index (χ2n) is 2.62. The van der Waals surface area contributed by atoms with Crippen molar-refractivity contribution in [2.24, 2.45) is 11.7 Å². The molecule has 1 fully saturated rings. The van der Waals surface area contributed by atoms with Gasteiger partial charge in [-0.1, -0.05) is 12.2 Å². The summed E-state index contributed by atoms with van der Waals surface area (Å²) in [6, 6.07) is -0.00617. The summed E-state index contributed by atoms with van der Waals surface area (Å²) in [5.74, 6) is 0.505. The fourth-order valence-corrected chi connectivity index (χ4v) is 1.59. The van der Waals surface area contributed by atoms with Gasteiger partial charge in [-0.2, -0.15) is 0 Å². The van der Waals surface area contributed by atoms with Gasteiger partial charge in [0.1, 0.15) is 0 Å². The number of nitrogens with one attached hydrogen (secondary N) is 1. The van der Waals surface area contributed by atoms with Gasteiger partial charge in [0.15, 0.2) is 0 Å². The third-order valence-electron chi connectivity index (χ3n) is 1.89.